The lowest BCUT2D eigenvalue weighted by molar-refractivity contribution is 0.102. The summed E-state index contributed by atoms with van der Waals surface area (Å²) in [6, 6.07) is 8.06. The Morgan fingerprint density at radius 1 is 1.16 bits per heavy atom. The lowest BCUT2D eigenvalue weighted by Gasteiger charge is -2.04. The molecular formula is C12H9N5O2. The molecule has 7 heteroatoms. The predicted octanol–water partition coefficient (Wildman–Crippen LogP) is 0.898. The maximum atomic E-state index is 12.0. The van der Waals surface area contributed by atoms with Gasteiger partial charge < -0.3 is 5.32 Å². The molecule has 0 aliphatic rings. The minimum Gasteiger partial charge on any atom is -0.319 e. The SMILES string of the molecule is O=C(Nc1cccc2cn[nH]c12)c1ccc(=O)[nH]n1. The Balaban J connectivity index is 1.92. The highest BCUT2D eigenvalue weighted by Gasteiger charge is 2.10. The third-order valence-electron chi connectivity index (χ3n) is 2.64. The third kappa shape index (κ3) is 2.08. The number of aromatic nitrogens is 4. The van der Waals surface area contributed by atoms with Crippen LogP contribution in [0, 0.1) is 0 Å². The summed E-state index contributed by atoms with van der Waals surface area (Å²) in [7, 11) is 0. The maximum Gasteiger partial charge on any atom is 0.276 e. The highest BCUT2D eigenvalue weighted by molar-refractivity contribution is 6.07. The number of hydrogen-bond donors (Lipinski definition) is 3. The first-order chi connectivity index (χ1) is 9.24. The van der Waals surface area contributed by atoms with E-state index in [4.69, 9.17) is 0 Å². The van der Waals surface area contributed by atoms with Crippen molar-refractivity contribution in [3.05, 3.63) is 52.6 Å². The van der Waals surface area contributed by atoms with E-state index < -0.39 is 5.91 Å². The molecule has 2 heterocycles. The van der Waals surface area contributed by atoms with Crippen LogP contribution >= 0.6 is 0 Å². The molecule has 0 aliphatic carbocycles. The number of amides is 1. The van der Waals surface area contributed by atoms with Crippen molar-refractivity contribution in [1.29, 1.82) is 0 Å². The Hall–Kier alpha value is -2.96. The van der Waals surface area contributed by atoms with E-state index >= 15 is 0 Å². The monoisotopic (exact) mass is 255 g/mol. The zero-order chi connectivity index (χ0) is 13.2. The van der Waals surface area contributed by atoms with E-state index in [1.165, 1.54) is 12.1 Å². The lowest BCUT2D eigenvalue weighted by atomic mass is 10.2. The molecule has 0 saturated carbocycles. The number of fused-ring (bicyclic) bond motifs is 1. The van der Waals surface area contributed by atoms with Crippen LogP contribution in [0.15, 0.2) is 41.3 Å². The van der Waals surface area contributed by atoms with Crippen molar-refractivity contribution >= 4 is 22.5 Å². The molecule has 0 atom stereocenters. The first-order valence-electron chi connectivity index (χ1n) is 5.53. The van der Waals surface area contributed by atoms with Crippen molar-refractivity contribution in [1.82, 2.24) is 20.4 Å². The third-order valence-corrected chi connectivity index (χ3v) is 2.64. The van der Waals surface area contributed by atoms with Crippen molar-refractivity contribution in [2.45, 2.75) is 0 Å². The number of nitrogens with zero attached hydrogens (tertiary/aromatic N) is 2. The van der Waals surface area contributed by atoms with E-state index in [2.05, 4.69) is 25.7 Å². The first kappa shape index (κ1) is 11.1. The van der Waals surface area contributed by atoms with Crippen LogP contribution in [-0.4, -0.2) is 26.3 Å². The van der Waals surface area contributed by atoms with Crippen LogP contribution in [0.4, 0.5) is 5.69 Å². The minimum absolute atomic E-state index is 0.135. The molecule has 2 aromatic heterocycles. The fraction of sp³-hybridized carbons (Fsp3) is 0. The molecule has 1 aromatic carbocycles. The number of carbonyl (C=O) groups excluding carboxylic acids is 1. The first-order valence-corrected chi connectivity index (χ1v) is 5.53. The van der Waals surface area contributed by atoms with E-state index in [0.29, 0.717) is 5.69 Å². The lowest BCUT2D eigenvalue weighted by Crippen LogP contribution is -2.17. The average Bonchev–Trinajstić information content (AvgIpc) is 2.89. The Bertz CT molecular complexity index is 784. The molecule has 0 bridgehead atoms. The van der Waals surface area contributed by atoms with Gasteiger partial charge in [-0.25, -0.2) is 5.10 Å². The van der Waals surface area contributed by atoms with Gasteiger partial charge in [-0.1, -0.05) is 12.1 Å². The smallest absolute Gasteiger partial charge is 0.276 e. The molecule has 0 unspecified atom stereocenters. The second kappa shape index (κ2) is 4.37. The normalized spacial score (nSPS) is 10.5. The molecule has 3 aromatic rings. The fourth-order valence-electron chi connectivity index (χ4n) is 1.73. The number of aromatic amines is 2. The molecule has 1 amide bonds. The van der Waals surface area contributed by atoms with Crippen LogP contribution in [0.2, 0.25) is 0 Å². The molecule has 3 N–H and O–H groups in total. The quantitative estimate of drug-likeness (QED) is 0.632. The highest BCUT2D eigenvalue weighted by Crippen LogP contribution is 2.20. The van der Waals surface area contributed by atoms with Gasteiger partial charge in [0.15, 0.2) is 0 Å². The van der Waals surface area contributed by atoms with Gasteiger partial charge >= 0.3 is 0 Å². The zero-order valence-electron chi connectivity index (χ0n) is 9.68. The molecule has 19 heavy (non-hydrogen) atoms. The van der Waals surface area contributed by atoms with Crippen molar-refractivity contribution in [2.24, 2.45) is 0 Å². The molecule has 0 saturated heterocycles. The van der Waals surface area contributed by atoms with Crippen LogP contribution in [0.5, 0.6) is 0 Å². The summed E-state index contributed by atoms with van der Waals surface area (Å²) in [5.41, 5.74) is 1.12. The number of rotatable bonds is 2. The minimum atomic E-state index is -0.404. The van der Waals surface area contributed by atoms with E-state index in [9.17, 15) is 9.59 Å². The second-order valence-corrected chi connectivity index (χ2v) is 3.90. The average molecular weight is 255 g/mol. The topological polar surface area (TPSA) is 104 Å². The van der Waals surface area contributed by atoms with E-state index in [-0.39, 0.29) is 11.3 Å². The number of carbonyl (C=O) groups is 1. The molecule has 0 spiro atoms. The maximum absolute atomic E-state index is 12.0. The van der Waals surface area contributed by atoms with Crippen molar-refractivity contribution < 1.29 is 4.79 Å². The zero-order valence-corrected chi connectivity index (χ0v) is 9.68. The summed E-state index contributed by atoms with van der Waals surface area (Å²) in [5, 5.41) is 16.2. The number of benzene rings is 1. The summed E-state index contributed by atoms with van der Waals surface area (Å²) in [5.74, 6) is -0.404. The van der Waals surface area contributed by atoms with Crippen molar-refractivity contribution in [3.63, 3.8) is 0 Å². The Morgan fingerprint density at radius 3 is 2.84 bits per heavy atom. The van der Waals surface area contributed by atoms with Gasteiger partial charge in [0.05, 0.1) is 17.4 Å². The van der Waals surface area contributed by atoms with Gasteiger partial charge in [-0.2, -0.15) is 10.2 Å². The van der Waals surface area contributed by atoms with Gasteiger partial charge in [-0.15, -0.1) is 0 Å². The summed E-state index contributed by atoms with van der Waals surface area (Å²) >= 11 is 0. The predicted molar refractivity (Wildman–Crippen MR) is 68.9 cm³/mol. The van der Waals surface area contributed by atoms with E-state index in [0.717, 1.165) is 10.9 Å². The van der Waals surface area contributed by atoms with Crippen LogP contribution in [0.25, 0.3) is 10.9 Å². The van der Waals surface area contributed by atoms with Gasteiger partial charge in [0, 0.05) is 11.5 Å². The van der Waals surface area contributed by atoms with Gasteiger partial charge in [-0.05, 0) is 12.1 Å². The Morgan fingerprint density at radius 2 is 2.05 bits per heavy atom. The summed E-state index contributed by atoms with van der Waals surface area (Å²) in [6.07, 6.45) is 1.67. The molecule has 3 rings (SSSR count). The van der Waals surface area contributed by atoms with Gasteiger partial charge in [0.2, 0.25) is 0 Å². The molecule has 94 valence electrons. The summed E-state index contributed by atoms with van der Waals surface area (Å²) < 4.78 is 0. The van der Waals surface area contributed by atoms with Crippen LogP contribution in [-0.2, 0) is 0 Å². The van der Waals surface area contributed by atoms with Crippen LogP contribution < -0.4 is 10.9 Å². The number of H-pyrrole nitrogens is 2. The van der Waals surface area contributed by atoms with Crippen molar-refractivity contribution in [2.75, 3.05) is 5.32 Å². The standard InChI is InChI=1S/C12H9N5O2/c18-10-5-4-9(15-16-10)12(19)14-8-3-1-2-7-6-13-17-11(7)8/h1-6H,(H,13,17)(H,14,19)(H,16,18). The summed E-state index contributed by atoms with van der Waals surface area (Å²) in [6.45, 7) is 0. The number of hydrogen-bond acceptors (Lipinski definition) is 4. The van der Waals surface area contributed by atoms with Gasteiger partial charge in [-0.3, -0.25) is 14.7 Å². The number of nitrogens with one attached hydrogen (secondary N) is 3. The molecular weight excluding hydrogens is 246 g/mol. The molecule has 0 radical (unpaired) electrons. The molecule has 7 nitrogen and oxygen atoms in total. The number of anilines is 1. The second-order valence-electron chi connectivity index (χ2n) is 3.90. The van der Waals surface area contributed by atoms with Crippen molar-refractivity contribution in [3.8, 4) is 0 Å². The van der Waals surface area contributed by atoms with Crippen LogP contribution in [0.1, 0.15) is 10.5 Å². The highest BCUT2D eigenvalue weighted by atomic mass is 16.2. The van der Waals surface area contributed by atoms with E-state index in [1.807, 2.05) is 12.1 Å². The largest absolute Gasteiger partial charge is 0.319 e. The Labute approximate surface area is 106 Å². The number of para-hydroxylation sites is 1. The van der Waals surface area contributed by atoms with Gasteiger partial charge in [0.25, 0.3) is 11.5 Å². The van der Waals surface area contributed by atoms with E-state index in [1.54, 1.807) is 12.3 Å². The van der Waals surface area contributed by atoms with Gasteiger partial charge in [0.1, 0.15) is 5.69 Å². The molecule has 0 fully saturated rings. The summed E-state index contributed by atoms with van der Waals surface area (Å²) in [4.78, 5) is 22.8. The Kier molecular flexibility index (Phi) is 2.57. The van der Waals surface area contributed by atoms with Crippen LogP contribution in [0.3, 0.4) is 0 Å². The fourth-order valence-corrected chi connectivity index (χ4v) is 1.73. The molecule has 0 aliphatic heterocycles.